The van der Waals surface area contributed by atoms with Gasteiger partial charge in [0, 0.05) is 24.8 Å². The van der Waals surface area contributed by atoms with Crippen LogP contribution in [0.25, 0.3) is 0 Å². The molecule has 0 saturated heterocycles. The lowest BCUT2D eigenvalue weighted by atomic mass is 10.2. The average molecular weight is 413 g/mol. The highest BCUT2D eigenvalue weighted by molar-refractivity contribution is 7.80. The Hall–Kier alpha value is -2.87. The molecule has 2 heterocycles. The molecule has 0 spiro atoms. The third kappa shape index (κ3) is 4.95. The summed E-state index contributed by atoms with van der Waals surface area (Å²) in [6, 6.07) is 8.01. The van der Waals surface area contributed by atoms with E-state index in [1.807, 2.05) is 54.5 Å². The van der Waals surface area contributed by atoms with Crippen LogP contribution in [0.2, 0.25) is 0 Å². The summed E-state index contributed by atoms with van der Waals surface area (Å²) < 4.78 is 9.22. The Kier molecular flexibility index (Phi) is 6.53. The van der Waals surface area contributed by atoms with Crippen LogP contribution < -0.4 is 15.4 Å². The van der Waals surface area contributed by atoms with Crippen molar-refractivity contribution in [3.63, 3.8) is 0 Å². The number of benzene rings is 1. The first kappa shape index (κ1) is 20.9. The van der Waals surface area contributed by atoms with E-state index in [1.54, 1.807) is 7.11 Å². The van der Waals surface area contributed by atoms with Crippen LogP contribution in [-0.4, -0.2) is 31.8 Å². The number of hydrogen-bond acceptors (Lipinski definition) is 4. The highest BCUT2D eigenvalue weighted by Crippen LogP contribution is 2.21. The Morgan fingerprint density at radius 3 is 2.66 bits per heavy atom. The van der Waals surface area contributed by atoms with E-state index in [4.69, 9.17) is 17.0 Å². The van der Waals surface area contributed by atoms with Gasteiger partial charge in [0.2, 0.25) is 0 Å². The first-order valence-corrected chi connectivity index (χ1v) is 10.1. The van der Waals surface area contributed by atoms with Crippen LogP contribution in [-0.2, 0) is 19.6 Å². The molecule has 3 rings (SSSR count). The molecule has 8 heteroatoms. The molecule has 2 aromatic heterocycles. The zero-order valence-corrected chi connectivity index (χ0v) is 18.4. The second-order valence-corrected chi connectivity index (χ2v) is 7.37. The number of methoxy groups -OCH3 is 1. The van der Waals surface area contributed by atoms with Crippen LogP contribution >= 0.6 is 12.2 Å². The van der Waals surface area contributed by atoms with Gasteiger partial charge in [0.25, 0.3) is 0 Å². The van der Waals surface area contributed by atoms with Crippen LogP contribution in [0.4, 0.5) is 5.69 Å². The van der Waals surface area contributed by atoms with Crippen LogP contribution in [0.15, 0.2) is 30.5 Å². The highest BCUT2D eigenvalue weighted by Gasteiger charge is 2.14. The maximum Gasteiger partial charge on any atom is 0.171 e. The van der Waals surface area contributed by atoms with Gasteiger partial charge in [-0.3, -0.25) is 9.36 Å². The van der Waals surface area contributed by atoms with Gasteiger partial charge in [-0.1, -0.05) is 12.1 Å². The van der Waals surface area contributed by atoms with Crippen molar-refractivity contribution in [1.82, 2.24) is 24.9 Å². The topological polar surface area (TPSA) is 68.9 Å². The zero-order chi connectivity index (χ0) is 21.0. The second-order valence-electron chi connectivity index (χ2n) is 6.96. The largest absolute Gasteiger partial charge is 0.497 e. The minimum absolute atomic E-state index is 0.570. The molecule has 7 nitrogen and oxygen atoms in total. The van der Waals surface area contributed by atoms with E-state index in [1.165, 1.54) is 0 Å². The van der Waals surface area contributed by atoms with E-state index in [0.29, 0.717) is 18.2 Å². The number of aryl methyl sites for hydroxylation is 3. The first-order chi connectivity index (χ1) is 13.9. The van der Waals surface area contributed by atoms with Crippen molar-refractivity contribution in [2.24, 2.45) is 0 Å². The minimum atomic E-state index is 0.570. The van der Waals surface area contributed by atoms with Crippen molar-refractivity contribution in [2.45, 2.75) is 47.3 Å². The summed E-state index contributed by atoms with van der Waals surface area (Å²) in [5.74, 6) is 0.842. The Labute approximate surface area is 177 Å². The van der Waals surface area contributed by atoms with Crippen molar-refractivity contribution >= 4 is 23.0 Å². The van der Waals surface area contributed by atoms with Crippen LogP contribution in [0, 0.1) is 20.8 Å². The molecule has 0 aliphatic heterocycles. The Morgan fingerprint density at radius 1 is 1.17 bits per heavy atom. The summed E-state index contributed by atoms with van der Waals surface area (Å²) in [5, 5.41) is 16.3. The maximum atomic E-state index is 5.50. The van der Waals surface area contributed by atoms with E-state index in [0.717, 1.165) is 46.2 Å². The smallest absolute Gasteiger partial charge is 0.171 e. The number of ether oxygens (including phenoxy) is 1. The highest BCUT2D eigenvalue weighted by atomic mass is 32.1. The quantitative estimate of drug-likeness (QED) is 0.578. The van der Waals surface area contributed by atoms with Crippen LogP contribution in [0.3, 0.4) is 0 Å². The van der Waals surface area contributed by atoms with Gasteiger partial charge in [0.15, 0.2) is 5.11 Å². The van der Waals surface area contributed by atoms with Crippen molar-refractivity contribution in [3.05, 3.63) is 58.7 Å². The fourth-order valence-corrected chi connectivity index (χ4v) is 3.38. The molecule has 0 saturated carbocycles. The van der Waals surface area contributed by atoms with Crippen molar-refractivity contribution < 1.29 is 4.74 Å². The minimum Gasteiger partial charge on any atom is -0.497 e. The standard InChI is InChI=1S/C21H28N6OS/c1-6-26-13-18(14(2)24-26)11-22-21(29)23-20-15(3)25-27(16(20)4)12-17-8-7-9-19(10-17)28-5/h7-10,13H,6,11-12H2,1-5H3,(H2,22,23,29). The molecule has 0 bridgehead atoms. The third-order valence-electron chi connectivity index (χ3n) is 4.90. The predicted octanol–water partition coefficient (Wildman–Crippen LogP) is 3.57. The van der Waals surface area contributed by atoms with Gasteiger partial charge in [-0.15, -0.1) is 0 Å². The lowest BCUT2D eigenvalue weighted by molar-refractivity contribution is 0.414. The molecule has 0 atom stereocenters. The Balaban J connectivity index is 1.66. The third-order valence-corrected chi connectivity index (χ3v) is 5.14. The van der Waals surface area contributed by atoms with Gasteiger partial charge in [-0.25, -0.2) is 0 Å². The van der Waals surface area contributed by atoms with Gasteiger partial charge >= 0.3 is 0 Å². The monoisotopic (exact) mass is 412 g/mol. The number of anilines is 1. The number of rotatable bonds is 7. The lowest BCUT2D eigenvalue weighted by Crippen LogP contribution is -2.28. The number of thiocarbonyl (C=S) groups is 1. The van der Waals surface area contributed by atoms with Gasteiger partial charge in [-0.2, -0.15) is 10.2 Å². The molecule has 154 valence electrons. The molecule has 0 unspecified atom stereocenters. The summed E-state index contributed by atoms with van der Waals surface area (Å²) in [5.41, 5.74) is 6.16. The van der Waals surface area contributed by atoms with E-state index in [-0.39, 0.29) is 0 Å². The first-order valence-electron chi connectivity index (χ1n) is 9.66. The van der Waals surface area contributed by atoms with Crippen molar-refractivity contribution in [1.29, 1.82) is 0 Å². The molecule has 3 aromatic rings. The number of aromatic nitrogens is 4. The molecule has 1 aromatic carbocycles. The molecule has 0 aliphatic carbocycles. The normalized spacial score (nSPS) is 10.8. The van der Waals surface area contributed by atoms with E-state index in [2.05, 4.69) is 33.8 Å². The fraction of sp³-hybridized carbons (Fsp3) is 0.381. The summed E-state index contributed by atoms with van der Waals surface area (Å²) in [7, 11) is 1.67. The average Bonchev–Trinajstić information content (AvgIpc) is 3.20. The van der Waals surface area contributed by atoms with Gasteiger partial charge in [0.1, 0.15) is 5.75 Å². The molecule has 0 fully saturated rings. The SMILES string of the molecule is CCn1cc(CNC(=S)Nc2c(C)nn(Cc3cccc(OC)c3)c2C)c(C)n1. The number of nitrogens with zero attached hydrogens (tertiary/aromatic N) is 4. The molecular weight excluding hydrogens is 384 g/mol. The Bertz CT molecular complexity index is 1010. The summed E-state index contributed by atoms with van der Waals surface area (Å²) in [4.78, 5) is 0. The van der Waals surface area contributed by atoms with Crippen LogP contribution in [0.1, 0.15) is 35.1 Å². The molecule has 0 amide bonds. The predicted molar refractivity (Wildman–Crippen MR) is 119 cm³/mol. The molecular formula is C21H28N6OS. The zero-order valence-electron chi connectivity index (χ0n) is 17.6. The molecule has 0 aliphatic rings. The van der Waals surface area contributed by atoms with E-state index >= 15 is 0 Å². The van der Waals surface area contributed by atoms with E-state index < -0.39 is 0 Å². The maximum absolute atomic E-state index is 5.50. The van der Waals surface area contributed by atoms with E-state index in [9.17, 15) is 0 Å². The summed E-state index contributed by atoms with van der Waals surface area (Å²) in [6.45, 7) is 10.3. The number of nitrogens with one attached hydrogen (secondary N) is 2. The van der Waals surface area contributed by atoms with Gasteiger partial charge in [-0.05, 0) is 57.6 Å². The molecule has 29 heavy (non-hydrogen) atoms. The fourth-order valence-electron chi connectivity index (χ4n) is 3.20. The van der Waals surface area contributed by atoms with Crippen molar-refractivity contribution in [2.75, 3.05) is 12.4 Å². The summed E-state index contributed by atoms with van der Waals surface area (Å²) >= 11 is 5.50. The molecule has 2 N–H and O–H groups in total. The van der Waals surface area contributed by atoms with Gasteiger partial charge in [0.05, 0.1) is 36.4 Å². The van der Waals surface area contributed by atoms with Crippen molar-refractivity contribution in [3.8, 4) is 5.75 Å². The molecule has 0 radical (unpaired) electrons. The van der Waals surface area contributed by atoms with Crippen LogP contribution in [0.5, 0.6) is 5.75 Å². The lowest BCUT2D eigenvalue weighted by Gasteiger charge is -2.11. The summed E-state index contributed by atoms with van der Waals surface area (Å²) in [6.07, 6.45) is 2.05. The second kappa shape index (κ2) is 9.09. The Morgan fingerprint density at radius 2 is 1.97 bits per heavy atom. The van der Waals surface area contributed by atoms with Gasteiger partial charge < -0.3 is 15.4 Å². The number of hydrogen-bond donors (Lipinski definition) is 2.